The lowest BCUT2D eigenvalue weighted by molar-refractivity contribution is -0.117. The molecule has 0 saturated carbocycles. The number of nitrogens with one attached hydrogen (secondary N) is 1. The van der Waals surface area contributed by atoms with Gasteiger partial charge < -0.3 is 19.9 Å². The normalized spacial score (nSPS) is 13.6. The maximum absolute atomic E-state index is 12.5. The molecular formula is C20H23N3O3. The molecule has 0 atom stereocenters. The first-order valence-electron chi connectivity index (χ1n) is 8.63. The number of nitrogens with zero attached hydrogens (tertiary/aromatic N) is 2. The molecule has 0 bridgehead atoms. The predicted molar refractivity (Wildman–Crippen MR) is 103 cm³/mol. The fourth-order valence-electron chi connectivity index (χ4n) is 3.15. The minimum absolute atomic E-state index is 0.0952. The molecule has 1 saturated heterocycles. The van der Waals surface area contributed by atoms with E-state index in [1.807, 2.05) is 60.5 Å². The molecule has 0 aliphatic carbocycles. The number of anilines is 3. The molecule has 2 amide bonds. The molecule has 2 aromatic rings. The number of likely N-dealkylation sites (N-methyl/N-ethyl adjacent to an activating group) is 1. The van der Waals surface area contributed by atoms with Crippen molar-refractivity contribution in [2.75, 3.05) is 42.4 Å². The first kappa shape index (κ1) is 17.8. The predicted octanol–water partition coefficient (Wildman–Crippen LogP) is 2.90. The van der Waals surface area contributed by atoms with Gasteiger partial charge in [-0.2, -0.15) is 0 Å². The summed E-state index contributed by atoms with van der Waals surface area (Å²) in [7, 11) is 3.45. The van der Waals surface area contributed by atoms with Crippen LogP contribution in [0.1, 0.15) is 12.8 Å². The van der Waals surface area contributed by atoms with Gasteiger partial charge in [-0.05, 0) is 30.7 Å². The van der Waals surface area contributed by atoms with Gasteiger partial charge in [0.2, 0.25) is 11.8 Å². The van der Waals surface area contributed by atoms with Gasteiger partial charge in [-0.3, -0.25) is 9.59 Å². The van der Waals surface area contributed by atoms with Crippen molar-refractivity contribution < 1.29 is 14.3 Å². The van der Waals surface area contributed by atoms with Crippen LogP contribution in [-0.2, 0) is 9.59 Å². The third-order valence-electron chi connectivity index (χ3n) is 4.42. The van der Waals surface area contributed by atoms with E-state index < -0.39 is 0 Å². The van der Waals surface area contributed by atoms with Gasteiger partial charge in [0.1, 0.15) is 5.75 Å². The van der Waals surface area contributed by atoms with Crippen LogP contribution < -0.4 is 19.9 Å². The van der Waals surface area contributed by atoms with Crippen molar-refractivity contribution in [3.63, 3.8) is 0 Å². The molecule has 0 radical (unpaired) electrons. The van der Waals surface area contributed by atoms with Crippen molar-refractivity contribution in [2.45, 2.75) is 12.8 Å². The van der Waals surface area contributed by atoms with E-state index in [1.165, 1.54) is 0 Å². The van der Waals surface area contributed by atoms with E-state index in [2.05, 4.69) is 5.32 Å². The molecular weight excluding hydrogens is 330 g/mol. The second-order valence-corrected chi connectivity index (χ2v) is 6.24. The Kier molecular flexibility index (Phi) is 5.41. The summed E-state index contributed by atoms with van der Waals surface area (Å²) in [6.45, 7) is 0.857. The zero-order chi connectivity index (χ0) is 18.5. The first-order valence-corrected chi connectivity index (χ1v) is 8.63. The van der Waals surface area contributed by atoms with Gasteiger partial charge in [-0.25, -0.2) is 0 Å². The highest BCUT2D eigenvalue weighted by molar-refractivity contribution is 6.03. The van der Waals surface area contributed by atoms with Crippen molar-refractivity contribution in [3.05, 3.63) is 48.5 Å². The maximum Gasteiger partial charge on any atom is 0.243 e. The van der Waals surface area contributed by atoms with Crippen molar-refractivity contribution >= 4 is 28.9 Å². The number of hydrogen-bond donors (Lipinski definition) is 1. The Balaban J connectivity index is 1.72. The van der Waals surface area contributed by atoms with Gasteiger partial charge in [0.25, 0.3) is 0 Å². The van der Waals surface area contributed by atoms with E-state index in [9.17, 15) is 9.59 Å². The Morgan fingerprint density at radius 3 is 2.65 bits per heavy atom. The average Bonchev–Trinajstić information content (AvgIpc) is 3.07. The van der Waals surface area contributed by atoms with E-state index in [-0.39, 0.29) is 18.4 Å². The lowest BCUT2D eigenvalue weighted by Gasteiger charge is -2.23. The van der Waals surface area contributed by atoms with Gasteiger partial charge in [-0.1, -0.05) is 24.3 Å². The third-order valence-corrected chi connectivity index (χ3v) is 4.42. The fourth-order valence-corrected chi connectivity index (χ4v) is 3.15. The topological polar surface area (TPSA) is 61.9 Å². The second-order valence-electron chi connectivity index (χ2n) is 6.24. The van der Waals surface area contributed by atoms with Crippen molar-refractivity contribution in [1.29, 1.82) is 0 Å². The summed E-state index contributed by atoms with van der Waals surface area (Å²) < 4.78 is 5.35. The minimum atomic E-state index is -0.155. The SMILES string of the molecule is COc1ccccc1N(C)CC(=O)Nc1ccccc1N1CCCC1=O. The summed E-state index contributed by atoms with van der Waals surface area (Å²) in [6, 6.07) is 15.0. The molecule has 0 unspecified atom stereocenters. The average molecular weight is 353 g/mol. The number of hydrogen-bond acceptors (Lipinski definition) is 4. The zero-order valence-electron chi connectivity index (χ0n) is 15.1. The van der Waals surface area contributed by atoms with Crippen molar-refractivity contribution in [3.8, 4) is 5.75 Å². The highest BCUT2D eigenvalue weighted by atomic mass is 16.5. The molecule has 6 nitrogen and oxygen atoms in total. The Bertz CT molecular complexity index is 806. The van der Waals surface area contributed by atoms with Crippen LogP contribution >= 0.6 is 0 Å². The summed E-state index contributed by atoms with van der Waals surface area (Å²) in [5, 5.41) is 2.93. The van der Waals surface area contributed by atoms with E-state index >= 15 is 0 Å². The van der Waals surface area contributed by atoms with Crippen LogP contribution in [0, 0.1) is 0 Å². The van der Waals surface area contributed by atoms with Crippen LogP contribution in [-0.4, -0.2) is 39.1 Å². The van der Waals surface area contributed by atoms with Gasteiger partial charge in [0, 0.05) is 20.0 Å². The van der Waals surface area contributed by atoms with Crippen LogP contribution in [0.5, 0.6) is 5.75 Å². The van der Waals surface area contributed by atoms with Crippen LogP contribution in [0.2, 0.25) is 0 Å². The number of para-hydroxylation sites is 4. The molecule has 136 valence electrons. The molecule has 1 aliphatic heterocycles. The van der Waals surface area contributed by atoms with Crippen molar-refractivity contribution in [2.24, 2.45) is 0 Å². The first-order chi connectivity index (χ1) is 12.6. The van der Waals surface area contributed by atoms with Crippen LogP contribution in [0.15, 0.2) is 48.5 Å². The largest absolute Gasteiger partial charge is 0.495 e. The number of rotatable bonds is 6. The number of ether oxygens (including phenoxy) is 1. The summed E-state index contributed by atoms with van der Waals surface area (Å²) >= 11 is 0. The van der Waals surface area contributed by atoms with Gasteiger partial charge in [-0.15, -0.1) is 0 Å². The Hall–Kier alpha value is -3.02. The fraction of sp³-hybridized carbons (Fsp3) is 0.300. The van der Waals surface area contributed by atoms with Gasteiger partial charge >= 0.3 is 0 Å². The van der Waals surface area contributed by atoms with E-state index in [0.717, 1.165) is 17.8 Å². The molecule has 1 heterocycles. The molecule has 0 aromatic heterocycles. The van der Waals surface area contributed by atoms with Crippen LogP contribution in [0.3, 0.4) is 0 Å². The molecule has 1 fully saturated rings. The van der Waals surface area contributed by atoms with Gasteiger partial charge in [0.05, 0.1) is 30.7 Å². The second kappa shape index (κ2) is 7.91. The Morgan fingerprint density at radius 1 is 1.19 bits per heavy atom. The third kappa shape index (κ3) is 3.79. The summed E-state index contributed by atoms with van der Waals surface area (Å²) in [6.07, 6.45) is 1.40. The smallest absolute Gasteiger partial charge is 0.243 e. The number of benzene rings is 2. The monoisotopic (exact) mass is 353 g/mol. The number of carbonyl (C=O) groups is 2. The molecule has 0 spiro atoms. The zero-order valence-corrected chi connectivity index (χ0v) is 15.1. The van der Waals surface area contributed by atoms with E-state index in [0.29, 0.717) is 24.4 Å². The standard InChI is InChI=1S/C20H23N3O3/c1-22(17-10-5-6-11-18(17)26-2)14-19(24)21-15-8-3-4-9-16(15)23-13-7-12-20(23)25/h3-6,8-11H,7,12-14H2,1-2H3,(H,21,24). The molecule has 26 heavy (non-hydrogen) atoms. The number of amides is 2. The number of methoxy groups -OCH3 is 1. The lowest BCUT2D eigenvalue weighted by atomic mass is 10.2. The van der Waals surface area contributed by atoms with Gasteiger partial charge in [0.15, 0.2) is 0 Å². The maximum atomic E-state index is 12.5. The van der Waals surface area contributed by atoms with E-state index in [1.54, 1.807) is 12.0 Å². The molecule has 1 N–H and O–H groups in total. The van der Waals surface area contributed by atoms with Crippen molar-refractivity contribution in [1.82, 2.24) is 0 Å². The quantitative estimate of drug-likeness (QED) is 0.867. The number of carbonyl (C=O) groups excluding carboxylic acids is 2. The highest BCUT2D eigenvalue weighted by Gasteiger charge is 2.24. The summed E-state index contributed by atoms with van der Waals surface area (Å²) in [4.78, 5) is 28.2. The highest BCUT2D eigenvalue weighted by Crippen LogP contribution is 2.30. The Labute approximate surface area is 153 Å². The lowest BCUT2D eigenvalue weighted by Crippen LogP contribution is -2.31. The molecule has 6 heteroatoms. The summed E-state index contributed by atoms with van der Waals surface area (Å²) in [5.74, 6) is 0.654. The van der Waals surface area contributed by atoms with Crippen LogP contribution in [0.25, 0.3) is 0 Å². The summed E-state index contributed by atoms with van der Waals surface area (Å²) in [5.41, 5.74) is 2.25. The molecule has 3 rings (SSSR count). The Morgan fingerprint density at radius 2 is 1.92 bits per heavy atom. The minimum Gasteiger partial charge on any atom is -0.495 e. The van der Waals surface area contributed by atoms with E-state index in [4.69, 9.17) is 4.74 Å². The molecule has 2 aromatic carbocycles. The van der Waals surface area contributed by atoms with Crippen LogP contribution in [0.4, 0.5) is 17.1 Å². The molecule has 1 aliphatic rings.